The highest BCUT2D eigenvalue weighted by molar-refractivity contribution is 5.19. The van der Waals surface area contributed by atoms with Crippen LogP contribution in [0, 0.1) is 5.92 Å². The van der Waals surface area contributed by atoms with Crippen LogP contribution in [0.1, 0.15) is 44.2 Å². The van der Waals surface area contributed by atoms with E-state index in [4.69, 9.17) is 0 Å². The summed E-state index contributed by atoms with van der Waals surface area (Å²) in [5.74, 6) is 0.873. The maximum atomic E-state index is 9.50. The van der Waals surface area contributed by atoms with Crippen LogP contribution in [0.25, 0.3) is 0 Å². The topological polar surface area (TPSA) is 32.3 Å². The number of aliphatic hydroxyl groups is 1. The van der Waals surface area contributed by atoms with Gasteiger partial charge in [0.15, 0.2) is 0 Å². The van der Waals surface area contributed by atoms with Crippen molar-refractivity contribution in [2.45, 2.75) is 44.7 Å². The van der Waals surface area contributed by atoms with Crippen LogP contribution in [0.4, 0.5) is 0 Å². The van der Waals surface area contributed by atoms with Crippen molar-refractivity contribution in [2.24, 2.45) is 5.92 Å². The third-order valence-corrected chi connectivity index (χ3v) is 3.84. The van der Waals surface area contributed by atoms with Crippen LogP contribution < -0.4 is 5.32 Å². The van der Waals surface area contributed by atoms with Crippen LogP contribution in [-0.2, 0) is 0 Å². The molecule has 1 fully saturated rings. The molecule has 0 aliphatic heterocycles. The number of rotatable bonds is 4. The number of benzene rings is 1. The van der Waals surface area contributed by atoms with Crippen LogP contribution in [-0.4, -0.2) is 17.8 Å². The molecular weight excluding hydrogens is 210 g/mol. The van der Waals surface area contributed by atoms with Gasteiger partial charge in [-0.05, 0) is 37.2 Å². The van der Waals surface area contributed by atoms with Gasteiger partial charge in [0.1, 0.15) is 0 Å². The van der Waals surface area contributed by atoms with Crippen molar-refractivity contribution in [2.75, 3.05) is 6.61 Å². The minimum atomic E-state index is 0.0922. The number of aliphatic hydroxyl groups excluding tert-OH is 1. The van der Waals surface area contributed by atoms with Crippen LogP contribution in [0.3, 0.4) is 0 Å². The van der Waals surface area contributed by atoms with Crippen molar-refractivity contribution < 1.29 is 5.11 Å². The predicted molar refractivity (Wildman–Crippen MR) is 70.8 cm³/mol. The Morgan fingerprint density at radius 3 is 2.41 bits per heavy atom. The molecule has 0 spiro atoms. The molecule has 0 heterocycles. The van der Waals surface area contributed by atoms with Crippen molar-refractivity contribution in [3.63, 3.8) is 0 Å². The quantitative estimate of drug-likeness (QED) is 0.838. The van der Waals surface area contributed by atoms with Gasteiger partial charge in [0, 0.05) is 6.04 Å². The lowest BCUT2D eigenvalue weighted by Gasteiger charge is -2.30. The summed E-state index contributed by atoms with van der Waals surface area (Å²) in [7, 11) is 0. The lowest BCUT2D eigenvalue weighted by Crippen LogP contribution is -2.37. The summed E-state index contributed by atoms with van der Waals surface area (Å²) in [4.78, 5) is 0. The molecule has 2 nitrogen and oxygen atoms in total. The van der Waals surface area contributed by atoms with E-state index in [-0.39, 0.29) is 12.6 Å². The van der Waals surface area contributed by atoms with E-state index in [0.717, 1.165) is 5.92 Å². The molecule has 0 radical (unpaired) electrons. The summed E-state index contributed by atoms with van der Waals surface area (Å²) in [5.41, 5.74) is 1.19. The number of hydrogen-bond acceptors (Lipinski definition) is 2. The first-order chi connectivity index (χ1) is 8.29. The fourth-order valence-electron chi connectivity index (χ4n) is 2.65. The van der Waals surface area contributed by atoms with E-state index < -0.39 is 0 Å². The van der Waals surface area contributed by atoms with Gasteiger partial charge >= 0.3 is 0 Å². The second kappa shape index (κ2) is 6.18. The monoisotopic (exact) mass is 233 g/mol. The smallest absolute Gasteiger partial charge is 0.0626 e. The van der Waals surface area contributed by atoms with Crippen molar-refractivity contribution in [1.29, 1.82) is 0 Å². The molecule has 1 saturated carbocycles. The zero-order valence-electron chi connectivity index (χ0n) is 10.6. The SMILES string of the molecule is CC1CCC(NC(CO)c2ccccc2)CC1. The average Bonchev–Trinajstić information content (AvgIpc) is 2.39. The van der Waals surface area contributed by atoms with Gasteiger partial charge in [-0.25, -0.2) is 0 Å². The Bertz CT molecular complexity index is 317. The van der Waals surface area contributed by atoms with E-state index in [2.05, 4.69) is 24.4 Å². The maximum Gasteiger partial charge on any atom is 0.0626 e. The number of nitrogens with one attached hydrogen (secondary N) is 1. The van der Waals surface area contributed by atoms with Crippen molar-refractivity contribution in [3.8, 4) is 0 Å². The average molecular weight is 233 g/mol. The molecule has 2 N–H and O–H groups in total. The summed E-state index contributed by atoms with van der Waals surface area (Å²) < 4.78 is 0. The molecule has 2 heteroatoms. The molecule has 0 saturated heterocycles. The fourth-order valence-corrected chi connectivity index (χ4v) is 2.65. The molecule has 94 valence electrons. The normalized spacial score (nSPS) is 26.7. The summed E-state index contributed by atoms with van der Waals surface area (Å²) in [5, 5.41) is 13.1. The molecule has 1 atom stereocenters. The third kappa shape index (κ3) is 3.55. The molecule has 1 unspecified atom stereocenters. The largest absolute Gasteiger partial charge is 0.394 e. The van der Waals surface area contributed by atoms with Crippen molar-refractivity contribution in [3.05, 3.63) is 35.9 Å². The molecule has 1 aliphatic carbocycles. The molecule has 0 amide bonds. The summed E-state index contributed by atoms with van der Waals surface area (Å²) >= 11 is 0. The Kier molecular flexibility index (Phi) is 4.57. The Balaban J connectivity index is 1.92. The van der Waals surface area contributed by atoms with E-state index in [1.54, 1.807) is 0 Å². The Hall–Kier alpha value is -0.860. The van der Waals surface area contributed by atoms with Gasteiger partial charge in [0.05, 0.1) is 12.6 Å². The van der Waals surface area contributed by atoms with Gasteiger partial charge in [-0.2, -0.15) is 0 Å². The Labute approximate surface area is 104 Å². The molecule has 0 aromatic heterocycles. The molecule has 17 heavy (non-hydrogen) atoms. The third-order valence-electron chi connectivity index (χ3n) is 3.84. The van der Waals surface area contributed by atoms with Crippen LogP contribution >= 0.6 is 0 Å². The van der Waals surface area contributed by atoms with Crippen molar-refractivity contribution >= 4 is 0 Å². The van der Waals surface area contributed by atoms with E-state index in [1.165, 1.54) is 31.2 Å². The highest BCUT2D eigenvalue weighted by Gasteiger charge is 2.21. The van der Waals surface area contributed by atoms with Crippen LogP contribution in [0.15, 0.2) is 30.3 Å². The molecule has 2 rings (SSSR count). The molecule has 0 bridgehead atoms. The minimum Gasteiger partial charge on any atom is -0.394 e. The van der Waals surface area contributed by atoms with Gasteiger partial charge in [0.2, 0.25) is 0 Å². The first-order valence-corrected chi connectivity index (χ1v) is 6.71. The summed E-state index contributed by atoms with van der Waals surface area (Å²) in [6.07, 6.45) is 5.10. The van der Waals surface area contributed by atoms with Gasteiger partial charge < -0.3 is 10.4 Å². The predicted octanol–water partition coefficient (Wildman–Crippen LogP) is 2.89. The van der Waals surface area contributed by atoms with Crippen molar-refractivity contribution in [1.82, 2.24) is 5.32 Å². The zero-order valence-corrected chi connectivity index (χ0v) is 10.6. The van der Waals surface area contributed by atoms with E-state index in [1.807, 2.05) is 18.2 Å². The maximum absolute atomic E-state index is 9.50. The lowest BCUT2D eigenvalue weighted by molar-refractivity contribution is 0.211. The second-order valence-electron chi connectivity index (χ2n) is 5.27. The fraction of sp³-hybridized carbons (Fsp3) is 0.600. The Morgan fingerprint density at radius 2 is 1.82 bits per heavy atom. The standard InChI is InChI=1S/C15H23NO/c1-12-7-9-14(10-8-12)16-15(11-17)13-5-3-2-4-6-13/h2-6,12,14-17H,7-11H2,1H3. The minimum absolute atomic E-state index is 0.0922. The van der Waals surface area contributed by atoms with Gasteiger partial charge in [-0.15, -0.1) is 0 Å². The zero-order chi connectivity index (χ0) is 12.1. The Morgan fingerprint density at radius 1 is 1.18 bits per heavy atom. The van der Waals surface area contributed by atoms with Gasteiger partial charge in [-0.3, -0.25) is 0 Å². The van der Waals surface area contributed by atoms with E-state index in [0.29, 0.717) is 6.04 Å². The molecule has 1 aromatic carbocycles. The molecular formula is C15H23NO. The molecule has 1 aromatic rings. The van der Waals surface area contributed by atoms with E-state index >= 15 is 0 Å². The second-order valence-corrected chi connectivity index (χ2v) is 5.27. The van der Waals surface area contributed by atoms with Gasteiger partial charge in [-0.1, -0.05) is 37.3 Å². The summed E-state index contributed by atoms with van der Waals surface area (Å²) in [6.45, 7) is 2.51. The molecule has 1 aliphatic rings. The first-order valence-electron chi connectivity index (χ1n) is 6.71. The summed E-state index contributed by atoms with van der Waals surface area (Å²) in [6, 6.07) is 10.9. The highest BCUT2D eigenvalue weighted by Crippen LogP contribution is 2.25. The van der Waals surface area contributed by atoms with Crippen LogP contribution in [0.5, 0.6) is 0 Å². The van der Waals surface area contributed by atoms with Crippen LogP contribution in [0.2, 0.25) is 0 Å². The lowest BCUT2D eigenvalue weighted by atomic mass is 9.87. The first kappa shape index (κ1) is 12.6. The highest BCUT2D eigenvalue weighted by atomic mass is 16.3. The van der Waals surface area contributed by atoms with Gasteiger partial charge in [0.25, 0.3) is 0 Å². The van der Waals surface area contributed by atoms with E-state index in [9.17, 15) is 5.11 Å². The number of hydrogen-bond donors (Lipinski definition) is 2.